The quantitative estimate of drug-likeness (QED) is 0.611. The summed E-state index contributed by atoms with van der Waals surface area (Å²) in [5, 5.41) is 3.20. The molecule has 55 valence electrons. The van der Waals surface area contributed by atoms with Gasteiger partial charge in [0.1, 0.15) is 0 Å². The summed E-state index contributed by atoms with van der Waals surface area (Å²) < 4.78 is 0. The van der Waals surface area contributed by atoms with Gasteiger partial charge in [0.25, 0.3) is 0 Å². The highest BCUT2D eigenvalue weighted by Crippen LogP contribution is 2.07. The Hall–Kier alpha value is -0.0400. The van der Waals surface area contributed by atoms with Crippen molar-refractivity contribution >= 4 is 0 Å². The SMILES string of the molecule is C[CH]NCC(C)C(C)C. The molecule has 0 spiro atoms. The molecule has 0 aliphatic heterocycles. The van der Waals surface area contributed by atoms with Crippen LogP contribution in [-0.2, 0) is 0 Å². The van der Waals surface area contributed by atoms with Crippen LogP contribution in [0.1, 0.15) is 27.7 Å². The van der Waals surface area contributed by atoms with Crippen molar-refractivity contribution in [2.45, 2.75) is 27.7 Å². The summed E-state index contributed by atoms with van der Waals surface area (Å²) in [6.45, 7) is 11.9. The summed E-state index contributed by atoms with van der Waals surface area (Å²) in [6, 6.07) is 0. The highest BCUT2D eigenvalue weighted by atomic mass is 14.8. The van der Waals surface area contributed by atoms with E-state index in [1.165, 1.54) is 0 Å². The Morgan fingerprint density at radius 1 is 1.33 bits per heavy atom. The lowest BCUT2D eigenvalue weighted by atomic mass is 9.98. The highest BCUT2D eigenvalue weighted by Gasteiger charge is 2.04. The average Bonchev–Trinajstić information content (AvgIpc) is 1.82. The van der Waals surface area contributed by atoms with Crippen molar-refractivity contribution in [1.29, 1.82) is 0 Å². The van der Waals surface area contributed by atoms with Gasteiger partial charge in [-0.15, -0.1) is 0 Å². The molecule has 0 heterocycles. The smallest absolute Gasteiger partial charge is 0.0190 e. The van der Waals surface area contributed by atoms with E-state index >= 15 is 0 Å². The number of rotatable bonds is 4. The Balaban J connectivity index is 3.16. The summed E-state index contributed by atoms with van der Waals surface area (Å²) in [5.41, 5.74) is 0. The van der Waals surface area contributed by atoms with Crippen molar-refractivity contribution in [2.24, 2.45) is 11.8 Å². The van der Waals surface area contributed by atoms with Crippen LogP contribution in [0.3, 0.4) is 0 Å². The molecule has 0 aliphatic carbocycles. The van der Waals surface area contributed by atoms with Crippen LogP contribution in [0.2, 0.25) is 0 Å². The molecule has 0 fully saturated rings. The van der Waals surface area contributed by atoms with Gasteiger partial charge >= 0.3 is 0 Å². The van der Waals surface area contributed by atoms with Crippen molar-refractivity contribution in [1.82, 2.24) is 5.32 Å². The van der Waals surface area contributed by atoms with Crippen LogP contribution in [-0.4, -0.2) is 6.54 Å². The Labute approximate surface area is 58.8 Å². The largest absolute Gasteiger partial charge is 0.312 e. The topological polar surface area (TPSA) is 12.0 Å². The van der Waals surface area contributed by atoms with Crippen molar-refractivity contribution in [3.05, 3.63) is 6.54 Å². The van der Waals surface area contributed by atoms with Gasteiger partial charge in [0.15, 0.2) is 0 Å². The van der Waals surface area contributed by atoms with E-state index in [-0.39, 0.29) is 0 Å². The van der Waals surface area contributed by atoms with Gasteiger partial charge < -0.3 is 5.32 Å². The molecule has 0 saturated carbocycles. The maximum atomic E-state index is 3.20. The van der Waals surface area contributed by atoms with E-state index in [4.69, 9.17) is 0 Å². The zero-order chi connectivity index (χ0) is 7.28. The van der Waals surface area contributed by atoms with Crippen molar-refractivity contribution in [3.8, 4) is 0 Å². The van der Waals surface area contributed by atoms with Gasteiger partial charge in [-0.1, -0.05) is 20.8 Å². The van der Waals surface area contributed by atoms with E-state index < -0.39 is 0 Å². The van der Waals surface area contributed by atoms with Crippen molar-refractivity contribution < 1.29 is 0 Å². The summed E-state index contributed by atoms with van der Waals surface area (Å²) in [6.07, 6.45) is 0. The Morgan fingerprint density at radius 3 is 2.22 bits per heavy atom. The number of hydrogen-bond donors (Lipinski definition) is 1. The van der Waals surface area contributed by atoms with Crippen LogP contribution >= 0.6 is 0 Å². The van der Waals surface area contributed by atoms with Crippen LogP contribution in [0.25, 0.3) is 0 Å². The summed E-state index contributed by atoms with van der Waals surface area (Å²) in [5.74, 6) is 1.57. The molecule has 1 nitrogen and oxygen atoms in total. The third-order valence-corrected chi connectivity index (χ3v) is 1.78. The third-order valence-electron chi connectivity index (χ3n) is 1.78. The predicted octanol–water partition coefficient (Wildman–Crippen LogP) is 2.05. The molecule has 1 N–H and O–H groups in total. The molecule has 0 rings (SSSR count). The second-order valence-electron chi connectivity index (χ2n) is 2.92. The van der Waals surface area contributed by atoms with Crippen LogP contribution in [0.4, 0.5) is 0 Å². The van der Waals surface area contributed by atoms with Crippen LogP contribution in [0.5, 0.6) is 0 Å². The van der Waals surface area contributed by atoms with Gasteiger partial charge in [-0.2, -0.15) is 0 Å². The Bertz CT molecular complexity index is 59.6. The third kappa shape index (κ3) is 4.46. The van der Waals surface area contributed by atoms with E-state index in [1.54, 1.807) is 0 Å². The fourth-order valence-electron chi connectivity index (χ4n) is 0.539. The minimum Gasteiger partial charge on any atom is -0.312 e. The molecular formula is C8H18N. The van der Waals surface area contributed by atoms with Gasteiger partial charge in [-0.3, -0.25) is 0 Å². The molecule has 1 heteroatoms. The van der Waals surface area contributed by atoms with E-state index in [1.807, 2.05) is 13.5 Å². The van der Waals surface area contributed by atoms with Crippen LogP contribution in [0, 0.1) is 18.4 Å². The van der Waals surface area contributed by atoms with Crippen LogP contribution < -0.4 is 5.32 Å². The van der Waals surface area contributed by atoms with Crippen LogP contribution in [0.15, 0.2) is 0 Å². The molecule has 0 saturated heterocycles. The minimum atomic E-state index is 0.779. The standard InChI is InChI=1S/C8H18N/c1-5-9-6-8(4)7(2)3/h5,7-9H,6H2,1-4H3. The number of nitrogens with one attached hydrogen (secondary N) is 1. The van der Waals surface area contributed by atoms with Gasteiger partial charge in [0.2, 0.25) is 0 Å². The van der Waals surface area contributed by atoms with Crippen molar-refractivity contribution in [2.75, 3.05) is 6.54 Å². The van der Waals surface area contributed by atoms with Gasteiger partial charge in [0.05, 0.1) is 0 Å². The zero-order valence-corrected chi connectivity index (χ0v) is 6.94. The molecule has 1 unspecified atom stereocenters. The molecule has 0 bridgehead atoms. The van der Waals surface area contributed by atoms with Crippen molar-refractivity contribution in [3.63, 3.8) is 0 Å². The fourth-order valence-corrected chi connectivity index (χ4v) is 0.539. The van der Waals surface area contributed by atoms with E-state index in [9.17, 15) is 0 Å². The molecule has 1 radical (unpaired) electrons. The molecule has 0 amide bonds. The first-order valence-corrected chi connectivity index (χ1v) is 3.69. The summed E-state index contributed by atoms with van der Waals surface area (Å²) in [7, 11) is 0. The number of hydrogen-bond acceptors (Lipinski definition) is 1. The fraction of sp³-hybridized carbons (Fsp3) is 0.875. The van der Waals surface area contributed by atoms with Gasteiger partial charge in [-0.05, 0) is 25.3 Å². The lowest BCUT2D eigenvalue weighted by Gasteiger charge is -2.14. The highest BCUT2D eigenvalue weighted by molar-refractivity contribution is 4.62. The maximum absolute atomic E-state index is 3.20. The van der Waals surface area contributed by atoms with Gasteiger partial charge in [-0.25, -0.2) is 0 Å². The summed E-state index contributed by atoms with van der Waals surface area (Å²) in [4.78, 5) is 0. The predicted molar refractivity (Wildman–Crippen MR) is 42.0 cm³/mol. The Morgan fingerprint density at radius 2 is 1.89 bits per heavy atom. The summed E-state index contributed by atoms with van der Waals surface area (Å²) >= 11 is 0. The van der Waals surface area contributed by atoms with E-state index in [0.717, 1.165) is 18.4 Å². The second-order valence-corrected chi connectivity index (χ2v) is 2.92. The minimum absolute atomic E-state index is 0.779. The van der Waals surface area contributed by atoms with Gasteiger partial charge in [0, 0.05) is 6.54 Å². The lowest BCUT2D eigenvalue weighted by Crippen LogP contribution is -2.20. The first-order chi connectivity index (χ1) is 4.18. The van der Waals surface area contributed by atoms with E-state index in [0.29, 0.717) is 0 Å². The molecule has 0 aromatic rings. The zero-order valence-electron chi connectivity index (χ0n) is 6.94. The molecule has 9 heavy (non-hydrogen) atoms. The molecule has 0 aromatic heterocycles. The lowest BCUT2D eigenvalue weighted by molar-refractivity contribution is 0.405. The average molecular weight is 128 g/mol. The Kier molecular flexibility index (Phi) is 4.78. The first-order valence-electron chi connectivity index (χ1n) is 3.69. The monoisotopic (exact) mass is 128 g/mol. The second kappa shape index (κ2) is 4.80. The molecule has 1 atom stereocenters. The maximum Gasteiger partial charge on any atom is 0.0190 e. The normalized spacial score (nSPS) is 14.3. The molecular weight excluding hydrogens is 110 g/mol. The molecule has 0 aromatic carbocycles. The van der Waals surface area contributed by atoms with E-state index in [2.05, 4.69) is 26.1 Å². The first kappa shape index (κ1) is 8.96. The molecule has 0 aliphatic rings.